The van der Waals surface area contributed by atoms with Gasteiger partial charge in [-0.2, -0.15) is 0 Å². The Kier molecular flexibility index (Phi) is 4.43. The highest BCUT2D eigenvalue weighted by molar-refractivity contribution is 5.45. The molecule has 0 aliphatic carbocycles. The Morgan fingerprint density at radius 3 is 2.80 bits per heavy atom. The molecule has 4 heteroatoms. The Bertz CT molecular complexity index is 444. The van der Waals surface area contributed by atoms with Gasteiger partial charge >= 0.3 is 0 Å². The minimum Gasteiger partial charge on any atom is -0.454 e. The second-order valence-corrected chi connectivity index (χ2v) is 5.56. The van der Waals surface area contributed by atoms with Crippen LogP contribution < -0.4 is 14.8 Å². The van der Waals surface area contributed by atoms with Gasteiger partial charge in [-0.15, -0.1) is 0 Å². The molecule has 0 aromatic heterocycles. The van der Waals surface area contributed by atoms with Crippen LogP contribution in [0.3, 0.4) is 0 Å². The second kappa shape index (κ2) is 6.46. The molecule has 110 valence electrons. The van der Waals surface area contributed by atoms with Crippen LogP contribution in [0.4, 0.5) is 0 Å². The van der Waals surface area contributed by atoms with Crippen molar-refractivity contribution in [3.63, 3.8) is 0 Å². The zero-order valence-corrected chi connectivity index (χ0v) is 12.2. The highest BCUT2D eigenvalue weighted by atomic mass is 16.7. The molecule has 20 heavy (non-hydrogen) atoms. The largest absolute Gasteiger partial charge is 0.454 e. The Morgan fingerprint density at radius 2 is 2.00 bits per heavy atom. The van der Waals surface area contributed by atoms with Gasteiger partial charge in [0.15, 0.2) is 11.5 Å². The lowest BCUT2D eigenvalue weighted by Crippen LogP contribution is -2.45. The van der Waals surface area contributed by atoms with Gasteiger partial charge in [-0.3, -0.25) is 4.90 Å². The summed E-state index contributed by atoms with van der Waals surface area (Å²) >= 11 is 0. The third-order valence-corrected chi connectivity index (χ3v) is 4.20. The summed E-state index contributed by atoms with van der Waals surface area (Å²) in [6.07, 6.45) is 3.73. The number of rotatable bonds is 5. The van der Waals surface area contributed by atoms with Gasteiger partial charge in [0.2, 0.25) is 6.79 Å². The van der Waals surface area contributed by atoms with Crippen molar-refractivity contribution in [2.75, 3.05) is 33.0 Å². The van der Waals surface area contributed by atoms with Gasteiger partial charge in [0.1, 0.15) is 0 Å². The first-order valence-corrected chi connectivity index (χ1v) is 7.73. The van der Waals surface area contributed by atoms with Crippen molar-refractivity contribution in [3.05, 3.63) is 23.8 Å². The highest BCUT2D eigenvalue weighted by Gasteiger charge is 2.24. The van der Waals surface area contributed by atoms with Crippen LogP contribution in [-0.2, 0) is 0 Å². The fraction of sp³-hybridized carbons (Fsp3) is 0.625. The van der Waals surface area contributed by atoms with Crippen LogP contribution in [0.1, 0.15) is 37.8 Å². The predicted molar refractivity (Wildman–Crippen MR) is 79.3 cm³/mol. The fourth-order valence-electron chi connectivity index (χ4n) is 3.07. The molecule has 1 atom stereocenters. The molecule has 1 aromatic rings. The lowest BCUT2D eigenvalue weighted by molar-refractivity contribution is 0.162. The standard InChI is InChI=1S/C16H24N2O2/c1-2-3-4-14(18-9-7-17-8-10-18)13-5-6-15-16(11-13)20-12-19-15/h5-6,11,14,17H,2-4,7-10,12H2,1H3/t14-/m1/s1. The van der Waals surface area contributed by atoms with Crippen LogP contribution in [0.25, 0.3) is 0 Å². The molecule has 2 aliphatic heterocycles. The minimum absolute atomic E-state index is 0.353. The molecule has 0 saturated carbocycles. The van der Waals surface area contributed by atoms with E-state index in [1.54, 1.807) is 0 Å². The molecular formula is C16H24N2O2. The maximum absolute atomic E-state index is 5.53. The van der Waals surface area contributed by atoms with Crippen molar-refractivity contribution in [3.8, 4) is 11.5 Å². The lowest BCUT2D eigenvalue weighted by Gasteiger charge is -2.35. The molecule has 4 nitrogen and oxygen atoms in total. The fourth-order valence-corrected chi connectivity index (χ4v) is 3.07. The van der Waals surface area contributed by atoms with Crippen LogP contribution in [0, 0.1) is 0 Å². The normalized spacial score (nSPS) is 20.1. The molecule has 0 amide bonds. The average Bonchev–Trinajstić information content (AvgIpc) is 2.96. The number of ether oxygens (including phenoxy) is 2. The molecule has 2 aliphatic rings. The van der Waals surface area contributed by atoms with E-state index in [4.69, 9.17) is 9.47 Å². The number of nitrogens with zero attached hydrogens (tertiary/aromatic N) is 1. The number of piperazine rings is 1. The van der Waals surface area contributed by atoms with Gasteiger partial charge < -0.3 is 14.8 Å². The van der Waals surface area contributed by atoms with Gasteiger partial charge in [-0.05, 0) is 24.1 Å². The zero-order valence-electron chi connectivity index (χ0n) is 12.2. The van der Waals surface area contributed by atoms with E-state index in [9.17, 15) is 0 Å². The molecule has 0 unspecified atom stereocenters. The summed E-state index contributed by atoms with van der Waals surface area (Å²) in [5.74, 6) is 1.78. The predicted octanol–water partition coefficient (Wildman–Crippen LogP) is 2.55. The van der Waals surface area contributed by atoms with E-state index in [-0.39, 0.29) is 0 Å². The number of nitrogens with one attached hydrogen (secondary N) is 1. The maximum atomic E-state index is 5.53. The summed E-state index contributed by atoms with van der Waals surface area (Å²) < 4.78 is 10.9. The Balaban J connectivity index is 1.80. The van der Waals surface area contributed by atoms with Gasteiger partial charge in [0, 0.05) is 32.2 Å². The molecule has 1 fully saturated rings. The minimum atomic E-state index is 0.353. The third-order valence-electron chi connectivity index (χ3n) is 4.20. The molecule has 0 bridgehead atoms. The summed E-state index contributed by atoms with van der Waals surface area (Å²) in [6.45, 7) is 7.05. The first kappa shape index (κ1) is 13.7. The molecule has 0 radical (unpaired) electrons. The smallest absolute Gasteiger partial charge is 0.231 e. The Hall–Kier alpha value is -1.26. The first-order valence-electron chi connectivity index (χ1n) is 7.73. The number of unbranched alkanes of at least 4 members (excludes halogenated alkanes) is 1. The molecule has 3 rings (SSSR count). The number of benzene rings is 1. The highest BCUT2D eigenvalue weighted by Crippen LogP contribution is 2.36. The Labute approximate surface area is 121 Å². The van der Waals surface area contributed by atoms with E-state index in [0.29, 0.717) is 12.8 Å². The molecule has 0 spiro atoms. The van der Waals surface area contributed by atoms with Crippen molar-refractivity contribution < 1.29 is 9.47 Å². The number of hydrogen-bond acceptors (Lipinski definition) is 4. The van der Waals surface area contributed by atoms with Gasteiger partial charge in [-0.25, -0.2) is 0 Å². The van der Waals surface area contributed by atoms with E-state index < -0.39 is 0 Å². The van der Waals surface area contributed by atoms with E-state index in [2.05, 4.69) is 35.3 Å². The van der Waals surface area contributed by atoms with E-state index in [1.165, 1.54) is 24.8 Å². The molecular weight excluding hydrogens is 252 g/mol. The van der Waals surface area contributed by atoms with Gasteiger partial charge in [0.05, 0.1) is 0 Å². The third kappa shape index (κ3) is 2.91. The molecule has 1 N–H and O–H groups in total. The second-order valence-electron chi connectivity index (χ2n) is 5.56. The summed E-state index contributed by atoms with van der Waals surface area (Å²) in [5.41, 5.74) is 1.37. The summed E-state index contributed by atoms with van der Waals surface area (Å²) in [5, 5.41) is 3.43. The van der Waals surface area contributed by atoms with Crippen molar-refractivity contribution >= 4 is 0 Å². The van der Waals surface area contributed by atoms with Crippen LogP contribution in [0.2, 0.25) is 0 Å². The van der Waals surface area contributed by atoms with Crippen molar-refractivity contribution in [2.45, 2.75) is 32.2 Å². The van der Waals surface area contributed by atoms with Crippen molar-refractivity contribution in [1.29, 1.82) is 0 Å². The summed E-state index contributed by atoms with van der Waals surface area (Å²) in [4.78, 5) is 2.60. The SMILES string of the molecule is CCCC[C@H](c1ccc2c(c1)OCO2)N1CCNCC1. The number of hydrogen-bond donors (Lipinski definition) is 1. The van der Waals surface area contributed by atoms with E-state index in [1.807, 2.05) is 0 Å². The topological polar surface area (TPSA) is 33.7 Å². The lowest BCUT2D eigenvalue weighted by atomic mass is 9.98. The van der Waals surface area contributed by atoms with Gasteiger partial charge in [0.25, 0.3) is 0 Å². The van der Waals surface area contributed by atoms with Crippen LogP contribution in [-0.4, -0.2) is 37.9 Å². The zero-order chi connectivity index (χ0) is 13.8. The first-order chi connectivity index (χ1) is 9.88. The van der Waals surface area contributed by atoms with Crippen LogP contribution in [0.15, 0.2) is 18.2 Å². The van der Waals surface area contributed by atoms with Crippen molar-refractivity contribution in [1.82, 2.24) is 10.2 Å². The van der Waals surface area contributed by atoms with Crippen LogP contribution >= 0.6 is 0 Å². The van der Waals surface area contributed by atoms with Gasteiger partial charge in [-0.1, -0.05) is 25.8 Å². The summed E-state index contributed by atoms with van der Waals surface area (Å²) in [6, 6.07) is 6.94. The number of fused-ring (bicyclic) bond motifs is 1. The van der Waals surface area contributed by atoms with E-state index >= 15 is 0 Å². The molecule has 1 aromatic carbocycles. The molecule has 1 saturated heterocycles. The van der Waals surface area contributed by atoms with E-state index in [0.717, 1.165) is 37.7 Å². The van der Waals surface area contributed by atoms with Crippen LogP contribution in [0.5, 0.6) is 11.5 Å². The Morgan fingerprint density at radius 1 is 1.20 bits per heavy atom. The summed E-state index contributed by atoms with van der Waals surface area (Å²) in [7, 11) is 0. The average molecular weight is 276 g/mol. The maximum Gasteiger partial charge on any atom is 0.231 e. The van der Waals surface area contributed by atoms with Crippen molar-refractivity contribution in [2.24, 2.45) is 0 Å². The quantitative estimate of drug-likeness (QED) is 0.896. The monoisotopic (exact) mass is 276 g/mol. The molecule has 2 heterocycles.